The van der Waals surface area contributed by atoms with Crippen LogP contribution in [0.4, 0.5) is 5.69 Å². The molecule has 2 aliphatic rings. The predicted octanol–water partition coefficient (Wildman–Crippen LogP) is 2.41. The van der Waals surface area contributed by atoms with E-state index in [4.69, 9.17) is 0 Å². The lowest BCUT2D eigenvalue weighted by molar-refractivity contribution is -0.138. The van der Waals surface area contributed by atoms with Crippen LogP contribution in [-0.4, -0.2) is 82.5 Å². The molecule has 43 heavy (non-hydrogen) atoms. The smallest absolute Gasteiger partial charge is 0.323 e. The molecule has 0 radical (unpaired) electrons. The van der Waals surface area contributed by atoms with E-state index in [1.807, 2.05) is 25.1 Å². The zero-order valence-corrected chi connectivity index (χ0v) is 25.1. The maximum atomic E-state index is 13.4. The normalized spacial score (nSPS) is 16.2. The molecule has 2 amide bonds. The molecule has 2 aliphatic heterocycles. The van der Waals surface area contributed by atoms with Gasteiger partial charge in [0.2, 0.25) is 10.0 Å². The highest BCUT2D eigenvalue weighted by Gasteiger charge is 2.30. The Morgan fingerprint density at radius 3 is 2.51 bits per heavy atom. The Bertz CT molecular complexity index is 1650. The van der Waals surface area contributed by atoms with Gasteiger partial charge < -0.3 is 25.5 Å². The molecule has 3 aromatic rings. The van der Waals surface area contributed by atoms with Crippen LogP contribution in [0.2, 0.25) is 0 Å². The van der Waals surface area contributed by atoms with Crippen LogP contribution in [0, 0.1) is 5.92 Å². The fourth-order valence-corrected chi connectivity index (χ4v) is 7.22. The lowest BCUT2D eigenvalue weighted by Gasteiger charge is -2.25. The standard InChI is InChI=1S/C31H37N5O6S/c1-35(2)27-7-3-6-24-23(27)5-4-8-28(24)43(41,42)34-26(31(39)40)18-33-29(37)21-9-10-22-19-36(30(38)25(22)17-21)16-13-20-11-14-32-15-12-20/h3-10,17,20,26,32,34H,11-16,18-19H2,1-2H3,(H,33,37)(H,39,40)/t26-/m0/s1. The van der Waals surface area contributed by atoms with Gasteiger partial charge in [-0.1, -0.05) is 30.3 Å². The van der Waals surface area contributed by atoms with Gasteiger partial charge in [-0.2, -0.15) is 4.72 Å². The van der Waals surface area contributed by atoms with Crippen LogP contribution >= 0.6 is 0 Å². The number of benzene rings is 3. The topological polar surface area (TPSA) is 148 Å². The molecule has 0 aliphatic carbocycles. The Kier molecular flexibility index (Phi) is 9.00. The van der Waals surface area contributed by atoms with Crippen LogP contribution < -0.4 is 20.3 Å². The molecule has 228 valence electrons. The average molecular weight is 608 g/mol. The molecule has 0 spiro atoms. The van der Waals surface area contributed by atoms with Crippen molar-refractivity contribution < 1.29 is 27.9 Å². The van der Waals surface area contributed by atoms with Gasteiger partial charge in [0.1, 0.15) is 6.04 Å². The Morgan fingerprint density at radius 2 is 1.79 bits per heavy atom. The molecule has 1 saturated heterocycles. The highest BCUT2D eigenvalue weighted by Crippen LogP contribution is 2.30. The van der Waals surface area contributed by atoms with Gasteiger partial charge in [0.15, 0.2) is 0 Å². The Balaban J connectivity index is 1.25. The number of aliphatic carboxylic acids is 1. The van der Waals surface area contributed by atoms with Gasteiger partial charge in [-0.15, -0.1) is 0 Å². The number of rotatable bonds is 11. The highest BCUT2D eigenvalue weighted by atomic mass is 32.2. The monoisotopic (exact) mass is 607 g/mol. The molecular formula is C31H37N5O6S. The van der Waals surface area contributed by atoms with Crippen LogP contribution in [0.3, 0.4) is 0 Å². The SMILES string of the molecule is CN(C)c1cccc2c(S(=O)(=O)N[C@@H](CNC(=O)c3ccc4c(c3)C(=O)N(CCC3CCNCC3)C4)C(=O)O)cccc12. The van der Waals surface area contributed by atoms with Gasteiger partial charge in [0.25, 0.3) is 11.8 Å². The van der Waals surface area contributed by atoms with Gasteiger partial charge in [0.05, 0.1) is 4.90 Å². The minimum absolute atomic E-state index is 0.0619. The van der Waals surface area contributed by atoms with E-state index in [1.165, 1.54) is 12.1 Å². The van der Waals surface area contributed by atoms with Crippen molar-refractivity contribution in [3.05, 3.63) is 71.3 Å². The summed E-state index contributed by atoms with van der Waals surface area (Å²) in [5.41, 5.74) is 2.32. The summed E-state index contributed by atoms with van der Waals surface area (Å²) in [6.07, 6.45) is 3.15. The number of sulfonamides is 1. The first-order chi connectivity index (χ1) is 20.5. The van der Waals surface area contributed by atoms with E-state index in [9.17, 15) is 27.9 Å². The number of nitrogens with one attached hydrogen (secondary N) is 3. The zero-order valence-electron chi connectivity index (χ0n) is 24.3. The number of carboxylic acid groups (broad SMARTS) is 1. The van der Waals surface area contributed by atoms with Gasteiger partial charge in [-0.25, -0.2) is 8.42 Å². The van der Waals surface area contributed by atoms with Crippen LogP contribution in [0.1, 0.15) is 45.5 Å². The quantitative estimate of drug-likeness (QED) is 0.260. The van der Waals surface area contributed by atoms with E-state index in [-0.39, 0.29) is 16.4 Å². The molecule has 2 heterocycles. The number of hydrogen-bond donors (Lipinski definition) is 4. The maximum absolute atomic E-state index is 13.4. The van der Waals surface area contributed by atoms with Crippen LogP contribution in [-0.2, 0) is 21.4 Å². The zero-order chi connectivity index (χ0) is 30.7. The van der Waals surface area contributed by atoms with Crippen molar-refractivity contribution in [2.75, 3.05) is 45.2 Å². The Labute approximate surface area is 251 Å². The molecule has 4 N–H and O–H groups in total. The van der Waals surface area contributed by atoms with E-state index in [2.05, 4.69) is 15.4 Å². The van der Waals surface area contributed by atoms with Crippen molar-refractivity contribution in [2.45, 2.75) is 36.7 Å². The minimum atomic E-state index is -4.28. The van der Waals surface area contributed by atoms with E-state index in [1.54, 1.807) is 41.3 Å². The van der Waals surface area contributed by atoms with Crippen molar-refractivity contribution in [3.8, 4) is 0 Å². The molecular weight excluding hydrogens is 570 g/mol. The summed E-state index contributed by atoms with van der Waals surface area (Å²) in [5, 5.41) is 16.8. The third-order valence-corrected chi connectivity index (χ3v) is 9.74. The molecule has 3 aromatic carbocycles. The summed E-state index contributed by atoms with van der Waals surface area (Å²) in [5.74, 6) is -1.57. The number of carbonyl (C=O) groups is 3. The Hall–Kier alpha value is -4.00. The number of hydrogen-bond acceptors (Lipinski definition) is 7. The van der Waals surface area contributed by atoms with E-state index in [0.29, 0.717) is 35.3 Å². The van der Waals surface area contributed by atoms with Crippen molar-refractivity contribution in [1.29, 1.82) is 0 Å². The van der Waals surface area contributed by atoms with Gasteiger partial charge in [-0.05, 0) is 68.1 Å². The molecule has 0 bridgehead atoms. The first-order valence-corrected chi connectivity index (χ1v) is 15.9. The number of carboxylic acids is 1. The molecule has 12 heteroatoms. The third-order valence-electron chi connectivity index (χ3n) is 8.21. The number of anilines is 1. The maximum Gasteiger partial charge on any atom is 0.323 e. The van der Waals surface area contributed by atoms with Crippen LogP contribution in [0.15, 0.2) is 59.5 Å². The van der Waals surface area contributed by atoms with Gasteiger partial charge in [0, 0.05) is 61.3 Å². The van der Waals surface area contributed by atoms with Crippen LogP contribution in [0.5, 0.6) is 0 Å². The second kappa shape index (κ2) is 12.7. The first kappa shape index (κ1) is 30.5. The molecule has 0 aromatic heterocycles. The summed E-state index contributed by atoms with van der Waals surface area (Å²) in [6.45, 7) is 2.67. The summed E-state index contributed by atoms with van der Waals surface area (Å²) in [6, 6.07) is 13.3. The Morgan fingerprint density at radius 1 is 1.07 bits per heavy atom. The van der Waals surface area contributed by atoms with Gasteiger partial charge >= 0.3 is 5.97 Å². The molecule has 0 unspecified atom stereocenters. The average Bonchev–Trinajstić information content (AvgIpc) is 3.32. The van der Waals surface area contributed by atoms with Crippen molar-refractivity contribution in [3.63, 3.8) is 0 Å². The lowest BCUT2D eigenvalue weighted by atomic mass is 9.94. The minimum Gasteiger partial charge on any atom is -0.480 e. The third kappa shape index (κ3) is 6.66. The lowest BCUT2D eigenvalue weighted by Crippen LogP contribution is -2.48. The largest absolute Gasteiger partial charge is 0.480 e. The first-order valence-electron chi connectivity index (χ1n) is 14.4. The number of fused-ring (bicyclic) bond motifs is 2. The number of carbonyl (C=O) groups excluding carboxylic acids is 2. The molecule has 11 nitrogen and oxygen atoms in total. The van der Waals surface area contributed by atoms with Crippen LogP contribution in [0.25, 0.3) is 10.8 Å². The summed E-state index contributed by atoms with van der Waals surface area (Å²) < 4.78 is 29.0. The highest BCUT2D eigenvalue weighted by molar-refractivity contribution is 7.89. The molecule has 1 atom stereocenters. The summed E-state index contributed by atoms with van der Waals surface area (Å²) in [4.78, 5) is 41.7. The van der Waals surface area contributed by atoms with E-state index in [0.717, 1.165) is 43.6 Å². The van der Waals surface area contributed by atoms with Crippen molar-refractivity contribution >= 4 is 44.3 Å². The molecule has 5 rings (SSSR count). The fraction of sp³-hybridized carbons (Fsp3) is 0.387. The molecule has 1 fully saturated rings. The predicted molar refractivity (Wildman–Crippen MR) is 164 cm³/mol. The fourth-order valence-electron chi connectivity index (χ4n) is 5.81. The second-order valence-corrected chi connectivity index (χ2v) is 13.0. The van der Waals surface area contributed by atoms with E-state index >= 15 is 0 Å². The number of piperidine rings is 1. The summed E-state index contributed by atoms with van der Waals surface area (Å²) in [7, 11) is -0.580. The van der Waals surface area contributed by atoms with Crippen molar-refractivity contribution in [1.82, 2.24) is 20.3 Å². The van der Waals surface area contributed by atoms with Gasteiger partial charge in [-0.3, -0.25) is 14.4 Å². The van der Waals surface area contributed by atoms with Crippen molar-refractivity contribution in [2.24, 2.45) is 5.92 Å². The second-order valence-electron chi connectivity index (χ2n) is 11.3. The number of nitrogens with zero attached hydrogens (tertiary/aromatic N) is 2. The molecule has 0 saturated carbocycles. The van der Waals surface area contributed by atoms with E-state index < -0.39 is 34.5 Å². The summed E-state index contributed by atoms with van der Waals surface area (Å²) >= 11 is 0. The number of amides is 2.